The van der Waals surface area contributed by atoms with Crippen LogP contribution in [-0.2, 0) is 12.7 Å². The fourth-order valence-electron chi connectivity index (χ4n) is 4.57. The van der Waals surface area contributed by atoms with Crippen molar-refractivity contribution in [2.24, 2.45) is 0 Å². The van der Waals surface area contributed by atoms with E-state index in [4.69, 9.17) is 14.5 Å². The van der Waals surface area contributed by atoms with Gasteiger partial charge in [-0.25, -0.2) is 9.37 Å². The molecule has 40 heavy (non-hydrogen) atoms. The molecule has 0 aliphatic rings. The summed E-state index contributed by atoms with van der Waals surface area (Å²) in [6.45, 7) is 10.9. The van der Waals surface area contributed by atoms with Crippen molar-refractivity contribution in [2.45, 2.75) is 52.8 Å². The van der Waals surface area contributed by atoms with Gasteiger partial charge >= 0.3 is 6.18 Å². The Bertz CT molecular complexity index is 1400. The van der Waals surface area contributed by atoms with E-state index in [1.165, 1.54) is 6.07 Å². The molecule has 3 aromatic carbocycles. The van der Waals surface area contributed by atoms with E-state index in [-0.39, 0.29) is 5.75 Å². The van der Waals surface area contributed by atoms with E-state index in [0.29, 0.717) is 18.4 Å². The highest BCUT2D eigenvalue weighted by atomic mass is 19.4. The molecule has 4 aromatic rings. The van der Waals surface area contributed by atoms with E-state index in [9.17, 15) is 17.6 Å². The van der Waals surface area contributed by atoms with Crippen LogP contribution in [0, 0.1) is 5.82 Å². The first-order valence-electron chi connectivity index (χ1n) is 13.7. The van der Waals surface area contributed by atoms with Gasteiger partial charge in [-0.1, -0.05) is 27.2 Å². The summed E-state index contributed by atoms with van der Waals surface area (Å²) in [6, 6.07) is 15.5. The molecule has 0 saturated heterocycles. The molecule has 0 bridgehead atoms. The first-order valence-corrected chi connectivity index (χ1v) is 13.7. The molecule has 9 heteroatoms. The molecule has 0 atom stereocenters. The first kappa shape index (κ1) is 29.4. The molecule has 0 unspecified atom stereocenters. The summed E-state index contributed by atoms with van der Waals surface area (Å²) in [5.74, 6) is 0.489. The van der Waals surface area contributed by atoms with Crippen LogP contribution in [0.4, 0.5) is 17.6 Å². The molecule has 0 aliphatic carbocycles. The largest absolute Gasteiger partial charge is 0.493 e. The summed E-state index contributed by atoms with van der Waals surface area (Å²) in [5, 5.41) is 0. The summed E-state index contributed by atoms with van der Waals surface area (Å²) in [4.78, 5) is 7.24. The van der Waals surface area contributed by atoms with Crippen LogP contribution in [0.5, 0.6) is 17.2 Å². The number of benzene rings is 3. The Labute approximate surface area is 232 Å². The highest BCUT2D eigenvalue weighted by Crippen LogP contribution is 2.35. The number of aromatic nitrogens is 2. The maximum atomic E-state index is 13.6. The van der Waals surface area contributed by atoms with Gasteiger partial charge in [0.2, 0.25) is 0 Å². The number of rotatable bonds is 13. The summed E-state index contributed by atoms with van der Waals surface area (Å²) < 4.78 is 66.6. The van der Waals surface area contributed by atoms with Gasteiger partial charge in [-0.2, -0.15) is 13.2 Å². The monoisotopic (exact) mass is 557 g/mol. The van der Waals surface area contributed by atoms with Gasteiger partial charge < -0.3 is 18.9 Å². The van der Waals surface area contributed by atoms with Gasteiger partial charge in [-0.05, 0) is 80.5 Å². The Morgan fingerprint density at radius 2 is 1.55 bits per heavy atom. The Morgan fingerprint density at radius 3 is 2.23 bits per heavy atom. The summed E-state index contributed by atoms with van der Waals surface area (Å²) in [6.07, 6.45) is -1.86. The summed E-state index contributed by atoms with van der Waals surface area (Å²) in [7, 11) is 0. The number of halogens is 4. The van der Waals surface area contributed by atoms with Crippen LogP contribution >= 0.6 is 0 Å². The van der Waals surface area contributed by atoms with E-state index < -0.39 is 17.6 Å². The number of imidazole rings is 1. The van der Waals surface area contributed by atoms with Gasteiger partial charge in [0.05, 0.1) is 23.2 Å². The van der Waals surface area contributed by atoms with E-state index in [2.05, 4.69) is 30.2 Å². The summed E-state index contributed by atoms with van der Waals surface area (Å²) >= 11 is 0. The zero-order chi connectivity index (χ0) is 28.7. The number of hydrogen-bond donors (Lipinski definition) is 0. The highest BCUT2D eigenvalue weighted by molar-refractivity contribution is 5.82. The van der Waals surface area contributed by atoms with Crippen molar-refractivity contribution in [3.63, 3.8) is 0 Å². The summed E-state index contributed by atoms with van der Waals surface area (Å²) in [5.41, 5.74) is 1.32. The van der Waals surface area contributed by atoms with Gasteiger partial charge in [-0.3, -0.25) is 0 Å². The molecule has 1 heterocycles. The van der Waals surface area contributed by atoms with E-state index in [0.717, 1.165) is 79.7 Å². The van der Waals surface area contributed by atoms with Crippen LogP contribution in [0.1, 0.15) is 45.6 Å². The third kappa shape index (κ3) is 7.13. The molecule has 0 amide bonds. The zero-order valence-corrected chi connectivity index (χ0v) is 23.1. The predicted molar refractivity (Wildman–Crippen MR) is 149 cm³/mol. The Kier molecular flexibility index (Phi) is 9.68. The van der Waals surface area contributed by atoms with Crippen molar-refractivity contribution in [2.75, 3.05) is 26.2 Å². The lowest BCUT2D eigenvalue weighted by Gasteiger charge is -2.17. The number of unbranched alkanes of at least 4 members (excludes halogenated alkanes) is 1. The molecule has 0 saturated carbocycles. The second-order valence-electron chi connectivity index (χ2n) is 9.59. The van der Waals surface area contributed by atoms with Crippen molar-refractivity contribution < 1.29 is 27.0 Å². The quantitative estimate of drug-likeness (QED) is 0.122. The molecule has 5 nitrogen and oxygen atoms in total. The molecule has 0 fully saturated rings. The topological polar surface area (TPSA) is 39.5 Å². The normalized spacial score (nSPS) is 11.9. The zero-order valence-electron chi connectivity index (χ0n) is 23.1. The Balaban J connectivity index is 1.54. The Morgan fingerprint density at radius 1 is 0.850 bits per heavy atom. The standard InChI is InChI=1S/C31H35F4N3O2/c1-4-7-18-38-29-21-24(39-19-8-17-37(5-2)6-3)14-16-28(29)36-30(38)22-9-11-23(12-10-22)40-25-13-15-27(32)26(20-25)31(33,34)35/h9-16,20-21H,4-8,17-19H2,1-3H3. The molecular formula is C31H35F4N3O2. The molecule has 0 radical (unpaired) electrons. The van der Waals surface area contributed by atoms with E-state index in [1.54, 1.807) is 12.1 Å². The van der Waals surface area contributed by atoms with Crippen LogP contribution in [-0.4, -0.2) is 40.7 Å². The highest BCUT2D eigenvalue weighted by Gasteiger charge is 2.34. The van der Waals surface area contributed by atoms with Crippen LogP contribution in [0.3, 0.4) is 0 Å². The average molecular weight is 558 g/mol. The van der Waals surface area contributed by atoms with Crippen molar-refractivity contribution in [3.8, 4) is 28.6 Å². The first-order chi connectivity index (χ1) is 19.2. The second kappa shape index (κ2) is 13.2. The second-order valence-corrected chi connectivity index (χ2v) is 9.59. The van der Waals surface area contributed by atoms with Gasteiger partial charge in [-0.15, -0.1) is 0 Å². The van der Waals surface area contributed by atoms with Gasteiger partial charge in [0.1, 0.15) is 28.9 Å². The van der Waals surface area contributed by atoms with E-state index >= 15 is 0 Å². The van der Waals surface area contributed by atoms with Gasteiger partial charge in [0.15, 0.2) is 0 Å². The van der Waals surface area contributed by atoms with E-state index in [1.807, 2.05) is 30.3 Å². The maximum absolute atomic E-state index is 13.6. The van der Waals surface area contributed by atoms with Crippen LogP contribution in [0.15, 0.2) is 60.7 Å². The molecule has 0 aliphatic heterocycles. The minimum absolute atomic E-state index is 0.0960. The van der Waals surface area contributed by atoms with Crippen molar-refractivity contribution in [3.05, 3.63) is 72.0 Å². The number of ether oxygens (including phenoxy) is 2. The van der Waals surface area contributed by atoms with Crippen molar-refractivity contribution in [1.82, 2.24) is 14.5 Å². The smallest absolute Gasteiger partial charge is 0.419 e. The third-order valence-electron chi connectivity index (χ3n) is 6.83. The lowest BCUT2D eigenvalue weighted by Crippen LogP contribution is -2.25. The minimum Gasteiger partial charge on any atom is -0.493 e. The predicted octanol–water partition coefficient (Wildman–Crippen LogP) is 8.56. The lowest BCUT2D eigenvalue weighted by molar-refractivity contribution is -0.140. The van der Waals surface area contributed by atoms with Crippen LogP contribution < -0.4 is 9.47 Å². The molecule has 4 rings (SSSR count). The number of hydrogen-bond acceptors (Lipinski definition) is 4. The fourth-order valence-corrected chi connectivity index (χ4v) is 4.57. The number of alkyl halides is 3. The van der Waals surface area contributed by atoms with Crippen molar-refractivity contribution in [1.29, 1.82) is 0 Å². The Hall–Kier alpha value is -3.59. The number of aryl methyl sites for hydroxylation is 1. The lowest BCUT2D eigenvalue weighted by atomic mass is 10.2. The third-order valence-corrected chi connectivity index (χ3v) is 6.83. The molecule has 0 N–H and O–H groups in total. The average Bonchev–Trinajstić information content (AvgIpc) is 3.30. The van der Waals surface area contributed by atoms with Crippen molar-refractivity contribution >= 4 is 11.0 Å². The molecule has 1 aromatic heterocycles. The number of fused-ring (bicyclic) bond motifs is 1. The molecule has 214 valence electrons. The molecule has 0 spiro atoms. The number of nitrogens with zero attached hydrogens (tertiary/aromatic N) is 3. The maximum Gasteiger partial charge on any atom is 0.419 e. The van der Waals surface area contributed by atoms with Crippen LogP contribution in [0.25, 0.3) is 22.4 Å². The SMILES string of the molecule is CCCCn1c(-c2ccc(Oc3ccc(F)c(C(F)(F)F)c3)cc2)nc2ccc(OCCCN(CC)CC)cc21. The van der Waals surface area contributed by atoms with Gasteiger partial charge in [0.25, 0.3) is 0 Å². The minimum atomic E-state index is -4.80. The fraction of sp³-hybridized carbons (Fsp3) is 0.387. The molecular weight excluding hydrogens is 522 g/mol. The van der Waals surface area contributed by atoms with Gasteiger partial charge in [0, 0.05) is 24.7 Å². The van der Waals surface area contributed by atoms with Crippen LogP contribution in [0.2, 0.25) is 0 Å².